The molecule has 0 spiro atoms. The van der Waals surface area contributed by atoms with Gasteiger partial charge in [-0.15, -0.1) is 5.75 Å². The maximum absolute atomic E-state index is 11.7. The van der Waals surface area contributed by atoms with Crippen molar-refractivity contribution in [2.45, 2.75) is 0 Å². The van der Waals surface area contributed by atoms with Crippen molar-refractivity contribution in [1.29, 1.82) is 0 Å². The third-order valence-electron chi connectivity index (χ3n) is 4.21. The van der Waals surface area contributed by atoms with Gasteiger partial charge < -0.3 is 20.4 Å². The molecule has 2 aromatic rings. The first-order valence-electron chi connectivity index (χ1n) is 7.75. The predicted molar refractivity (Wildman–Crippen MR) is 95.4 cm³/mol. The molecule has 26 heavy (non-hydrogen) atoms. The zero-order valence-corrected chi connectivity index (χ0v) is 13.4. The molecule has 0 unspecified atom stereocenters. The minimum absolute atomic E-state index is 0.0606. The summed E-state index contributed by atoms with van der Waals surface area (Å²) in [6, 6.07) is 13.0. The summed E-state index contributed by atoms with van der Waals surface area (Å²) in [5.74, 6) is -1.09. The van der Waals surface area contributed by atoms with E-state index in [1.165, 1.54) is 36.4 Å². The average molecular weight is 346 g/mol. The lowest BCUT2D eigenvalue weighted by Gasteiger charge is -2.18. The Hall–Kier alpha value is -3.80. The molecule has 1 heterocycles. The highest BCUT2D eigenvalue weighted by atomic mass is 16.4. The van der Waals surface area contributed by atoms with Gasteiger partial charge in [0.25, 0.3) is 0 Å². The molecular formula is C20H12NO5-. The molecule has 2 aromatic carbocycles. The predicted octanol–water partition coefficient (Wildman–Crippen LogP) is 2.92. The largest absolute Gasteiger partial charge is 0.872 e. The second kappa shape index (κ2) is 5.63. The van der Waals surface area contributed by atoms with Gasteiger partial charge in [0, 0.05) is 28.3 Å². The molecule has 3 N–H and O–H groups in total. The monoisotopic (exact) mass is 346 g/mol. The Balaban J connectivity index is 2.23. The van der Waals surface area contributed by atoms with E-state index >= 15 is 0 Å². The summed E-state index contributed by atoms with van der Waals surface area (Å²) in [5, 5.41) is 21.9. The maximum Gasteiger partial charge on any atom is 0.336 e. The fraction of sp³-hybridized carbons (Fsp3) is 0. The molecule has 0 bridgehead atoms. The first-order valence-corrected chi connectivity index (χ1v) is 7.75. The van der Waals surface area contributed by atoms with Crippen LogP contribution in [0.5, 0.6) is 5.75 Å². The summed E-state index contributed by atoms with van der Waals surface area (Å²) in [5.41, 5.74) is 7.85. The lowest BCUT2D eigenvalue weighted by molar-refractivity contribution is -0.268. The van der Waals surface area contributed by atoms with Crippen molar-refractivity contribution < 1.29 is 19.4 Å². The molecule has 0 saturated heterocycles. The molecule has 6 nitrogen and oxygen atoms in total. The van der Waals surface area contributed by atoms with Gasteiger partial charge in [-0.3, -0.25) is 4.79 Å². The van der Waals surface area contributed by atoms with Crippen LogP contribution in [0.15, 0.2) is 63.8 Å². The number of carboxylic acids is 1. The van der Waals surface area contributed by atoms with E-state index in [9.17, 15) is 19.8 Å². The van der Waals surface area contributed by atoms with Gasteiger partial charge in [-0.25, -0.2) is 4.79 Å². The number of aromatic carboxylic acids is 1. The first-order chi connectivity index (χ1) is 12.4. The molecule has 0 saturated carbocycles. The van der Waals surface area contributed by atoms with Gasteiger partial charge in [0.05, 0.1) is 5.56 Å². The van der Waals surface area contributed by atoms with Crippen molar-refractivity contribution in [3.63, 3.8) is 0 Å². The van der Waals surface area contributed by atoms with Crippen LogP contribution in [-0.4, -0.2) is 11.1 Å². The summed E-state index contributed by atoms with van der Waals surface area (Å²) in [6.45, 7) is 0. The van der Waals surface area contributed by atoms with Crippen molar-refractivity contribution >= 4 is 22.6 Å². The van der Waals surface area contributed by atoms with E-state index in [1.807, 2.05) is 0 Å². The van der Waals surface area contributed by atoms with Gasteiger partial charge in [0.15, 0.2) is 5.43 Å². The van der Waals surface area contributed by atoms with Crippen LogP contribution in [0.4, 0.5) is 5.69 Å². The van der Waals surface area contributed by atoms with Crippen LogP contribution in [0.2, 0.25) is 0 Å². The minimum Gasteiger partial charge on any atom is -0.872 e. The van der Waals surface area contributed by atoms with E-state index in [4.69, 9.17) is 10.2 Å². The Labute approximate surface area is 147 Å². The minimum atomic E-state index is -1.11. The second-order valence-corrected chi connectivity index (χ2v) is 5.90. The molecule has 1 aliphatic carbocycles. The van der Waals surface area contributed by atoms with Crippen molar-refractivity contribution in [1.82, 2.24) is 0 Å². The van der Waals surface area contributed by atoms with E-state index in [0.717, 1.165) is 0 Å². The summed E-state index contributed by atoms with van der Waals surface area (Å²) in [6.07, 6.45) is 0. The lowest BCUT2D eigenvalue weighted by Crippen LogP contribution is -2.04. The summed E-state index contributed by atoms with van der Waals surface area (Å²) in [4.78, 5) is 23.5. The SMILES string of the molecule is Nc1ccc(C(=O)O)c(-c2c3ccc(=O)cc-3oc3cc([O-])ccc23)c1. The molecule has 6 heteroatoms. The van der Waals surface area contributed by atoms with Crippen LogP contribution in [0.25, 0.3) is 33.4 Å². The highest BCUT2D eigenvalue weighted by Gasteiger charge is 2.21. The molecule has 0 amide bonds. The van der Waals surface area contributed by atoms with Gasteiger partial charge >= 0.3 is 5.97 Å². The topological polar surface area (TPSA) is 117 Å². The van der Waals surface area contributed by atoms with Crippen LogP contribution >= 0.6 is 0 Å². The van der Waals surface area contributed by atoms with E-state index in [2.05, 4.69) is 0 Å². The van der Waals surface area contributed by atoms with E-state index in [1.54, 1.807) is 18.2 Å². The molecule has 2 aliphatic rings. The highest BCUT2D eigenvalue weighted by molar-refractivity contribution is 6.08. The smallest absolute Gasteiger partial charge is 0.336 e. The zero-order valence-electron chi connectivity index (χ0n) is 13.4. The molecule has 0 atom stereocenters. The maximum atomic E-state index is 11.7. The number of rotatable bonds is 2. The first kappa shape index (κ1) is 15.7. The van der Waals surface area contributed by atoms with Crippen molar-refractivity contribution in [3.8, 4) is 28.2 Å². The highest BCUT2D eigenvalue weighted by Crippen LogP contribution is 2.42. The Morgan fingerprint density at radius 3 is 2.58 bits per heavy atom. The molecule has 1 aliphatic heterocycles. The molecule has 0 radical (unpaired) electrons. The van der Waals surface area contributed by atoms with Gasteiger partial charge in [-0.05, 0) is 42.0 Å². The summed E-state index contributed by atoms with van der Waals surface area (Å²) in [7, 11) is 0. The Morgan fingerprint density at radius 1 is 1.00 bits per heavy atom. The molecule has 0 fully saturated rings. The third-order valence-corrected chi connectivity index (χ3v) is 4.21. The Morgan fingerprint density at radius 2 is 1.81 bits per heavy atom. The van der Waals surface area contributed by atoms with Gasteiger partial charge in [-0.2, -0.15) is 0 Å². The fourth-order valence-corrected chi connectivity index (χ4v) is 3.10. The lowest BCUT2D eigenvalue weighted by atomic mass is 9.90. The van der Waals surface area contributed by atoms with Crippen LogP contribution in [0, 0.1) is 0 Å². The summed E-state index contributed by atoms with van der Waals surface area (Å²) < 4.78 is 5.72. The number of carbonyl (C=O) groups is 1. The van der Waals surface area contributed by atoms with Crippen molar-refractivity contribution in [2.24, 2.45) is 0 Å². The molecular weight excluding hydrogens is 334 g/mol. The quantitative estimate of drug-likeness (QED) is 0.426. The number of benzene rings is 3. The molecule has 4 rings (SSSR count). The van der Waals surface area contributed by atoms with Gasteiger partial charge in [0.1, 0.15) is 11.3 Å². The third kappa shape index (κ3) is 2.44. The van der Waals surface area contributed by atoms with E-state index < -0.39 is 5.97 Å². The van der Waals surface area contributed by atoms with Gasteiger partial charge in [-0.1, -0.05) is 12.1 Å². The van der Waals surface area contributed by atoms with Crippen LogP contribution < -0.4 is 16.3 Å². The average Bonchev–Trinajstić information content (AvgIpc) is 2.59. The normalized spacial score (nSPS) is 11.1. The Bertz CT molecular complexity index is 1210. The number of hydrogen-bond donors (Lipinski definition) is 2. The van der Waals surface area contributed by atoms with Crippen molar-refractivity contribution in [2.75, 3.05) is 5.73 Å². The van der Waals surface area contributed by atoms with Crippen LogP contribution in [0.3, 0.4) is 0 Å². The number of carboxylic acid groups (broad SMARTS) is 1. The fourth-order valence-electron chi connectivity index (χ4n) is 3.10. The molecule has 128 valence electrons. The Kier molecular flexibility index (Phi) is 3.40. The molecule has 0 aromatic heterocycles. The number of anilines is 1. The number of nitrogens with two attached hydrogens (primary N) is 1. The number of hydrogen-bond acceptors (Lipinski definition) is 5. The zero-order chi connectivity index (χ0) is 18.4. The number of fused-ring (bicyclic) bond motifs is 2. The second-order valence-electron chi connectivity index (χ2n) is 5.90. The number of nitrogen functional groups attached to an aromatic ring is 1. The van der Waals surface area contributed by atoms with E-state index in [-0.39, 0.29) is 28.1 Å². The van der Waals surface area contributed by atoms with Gasteiger partial charge in [0.2, 0.25) is 0 Å². The van der Waals surface area contributed by atoms with Crippen LogP contribution in [0.1, 0.15) is 10.4 Å². The van der Waals surface area contributed by atoms with E-state index in [0.29, 0.717) is 27.8 Å². The van der Waals surface area contributed by atoms with Crippen molar-refractivity contribution in [3.05, 3.63) is 70.4 Å². The standard InChI is InChI=1S/C20H13NO5/c21-10-1-4-13(20(24)25)16(7-10)19-14-5-2-11(22)8-17(14)26-18-9-12(23)3-6-15(18)19/h1-9,22H,21H2,(H,24,25)/p-1. The van der Waals surface area contributed by atoms with Crippen LogP contribution in [-0.2, 0) is 0 Å². The summed E-state index contributed by atoms with van der Waals surface area (Å²) >= 11 is 0.